The van der Waals surface area contributed by atoms with Gasteiger partial charge in [0.05, 0.1) is 0 Å². The molecule has 0 saturated heterocycles. The molecule has 38 heavy (non-hydrogen) atoms. The average Bonchev–Trinajstić information content (AvgIpc) is 3.38. The standard InChI is InChI=1S/C35H30N2Te/c1-21-15-23(18-35(3,4)5)9-12-26(21)31-17-32(37-20-22(31)2)30-8-6-7-28-29-14-11-25-16-24(19-36)10-13-27(25)33(29)38-34(28)30/h6-17,20H,18H2,1-5H3/i1D3,2D3,18D. The van der Waals surface area contributed by atoms with E-state index in [1.165, 1.54) is 13.0 Å². The van der Waals surface area contributed by atoms with E-state index in [2.05, 4.69) is 23.2 Å². The Bertz CT molecular complexity index is 2160. The van der Waals surface area contributed by atoms with Gasteiger partial charge in [0.1, 0.15) is 0 Å². The van der Waals surface area contributed by atoms with Gasteiger partial charge in [0.2, 0.25) is 0 Å². The molecule has 186 valence electrons. The van der Waals surface area contributed by atoms with Crippen LogP contribution in [0.3, 0.4) is 0 Å². The van der Waals surface area contributed by atoms with Gasteiger partial charge in [-0.2, -0.15) is 0 Å². The number of fused-ring (bicyclic) bond motifs is 5. The van der Waals surface area contributed by atoms with E-state index in [4.69, 9.17) is 9.60 Å². The number of benzene rings is 4. The first-order valence-corrected chi connectivity index (χ1v) is 14.8. The van der Waals surface area contributed by atoms with Crippen LogP contribution in [-0.4, -0.2) is 25.4 Å². The molecule has 3 heteroatoms. The first kappa shape index (κ1) is 18.0. The third-order valence-electron chi connectivity index (χ3n) is 6.72. The summed E-state index contributed by atoms with van der Waals surface area (Å²) in [6, 6.07) is 24.9. The van der Waals surface area contributed by atoms with Crippen molar-refractivity contribution in [2.75, 3.05) is 0 Å². The Labute approximate surface area is 244 Å². The van der Waals surface area contributed by atoms with Crippen molar-refractivity contribution in [2.24, 2.45) is 5.41 Å². The van der Waals surface area contributed by atoms with Crippen LogP contribution in [0.1, 0.15) is 52.6 Å². The fraction of sp³-hybridized carbons (Fsp3) is 0.200. The summed E-state index contributed by atoms with van der Waals surface area (Å²) in [6.45, 7) is 0.733. The Morgan fingerprint density at radius 1 is 0.842 bits per heavy atom. The van der Waals surface area contributed by atoms with Crippen LogP contribution < -0.4 is 0 Å². The molecule has 0 fully saturated rings. The third kappa shape index (κ3) is 4.43. The fourth-order valence-corrected chi connectivity index (χ4v) is 8.94. The molecule has 1 atom stereocenters. The second kappa shape index (κ2) is 9.39. The van der Waals surface area contributed by atoms with E-state index in [-0.39, 0.29) is 11.1 Å². The van der Waals surface area contributed by atoms with Gasteiger partial charge in [0.15, 0.2) is 0 Å². The minimum absolute atomic E-state index is 0.0191. The van der Waals surface area contributed by atoms with E-state index < -0.39 is 45.9 Å². The number of pyridine rings is 1. The zero-order valence-electron chi connectivity index (χ0n) is 28.4. The number of nitriles is 1. The zero-order chi connectivity index (χ0) is 32.5. The summed E-state index contributed by atoms with van der Waals surface area (Å²) < 4.78 is 61.2. The number of hydrogen-bond donors (Lipinski definition) is 0. The summed E-state index contributed by atoms with van der Waals surface area (Å²) in [6.07, 6.45) is 0.696. The predicted molar refractivity (Wildman–Crippen MR) is 162 cm³/mol. The molecule has 0 bridgehead atoms. The molecule has 0 radical (unpaired) electrons. The number of nitrogens with zero attached hydrogens (tertiary/aromatic N) is 2. The molecule has 2 heterocycles. The molecule has 0 aliphatic rings. The van der Waals surface area contributed by atoms with Crippen LogP contribution in [0.5, 0.6) is 0 Å². The van der Waals surface area contributed by atoms with E-state index in [1.807, 2.05) is 57.2 Å². The van der Waals surface area contributed by atoms with Gasteiger partial charge in [-0.15, -0.1) is 0 Å². The number of aryl methyl sites for hydroxylation is 2. The molecule has 0 spiro atoms. The molecule has 0 aliphatic heterocycles. The van der Waals surface area contributed by atoms with Crippen molar-refractivity contribution in [3.63, 3.8) is 0 Å². The van der Waals surface area contributed by atoms with Gasteiger partial charge in [-0.1, -0.05) is 0 Å². The summed E-state index contributed by atoms with van der Waals surface area (Å²) in [5, 5.41) is 13.8. The second-order valence-corrected chi connectivity index (χ2v) is 13.6. The molecule has 0 N–H and O–H groups in total. The molecule has 4 aromatic carbocycles. The van der Waals surface area contributed by atoms with E-state index >= 15 is 0 Å². The first-order valence-electron chi connectivity index (χ1n) is 16.0. The van der Waals surface area contributed by atoms with Crippen LogP contribution in [-0.2, 0) is 6.40 Å². The van der Waals surface area contributed by atoms with Crippen molar-refractivity contribution in [1.29, 1.82) is 5.26 Å². The van der Waals surface area contributed by atoms with Crippen LogP contribution in [0, 0.1) is 30.4 Å². The summed E-state index contributed by atoms with van der Waals surface area (Å²) in [4.78, 5) is 4.65. The SMILES string of the molecule is [2H]C(c1ccc(-c2cc(-c3cccc4c3[te]c3c5ccc(C#N)cc5ccc43)ncc2C([2H])([2H])[2H])c(C([2H])([2H])[2H])c1)C(C)(C)C. The molecule has 6 rings (SSSR count). The van der Waals surface area contributed by atoms with Gasteiger partial charge in [0, 0.05) is 0 Å². The molecule has 1 unspecified atom stereocenters. The number of rotatable bonds is 3. The summed E-state index contributed by atoms with van der Waals surface area (Å²) in [5.41, 5.74) is 2.86. The summed E-state index contributed by atoms with van der Waals surface area (Å²) in [5.74, 6) is 0. The van der Waals surface area contributed by atoms with Crippen LogP contribution in [0.4, 0.5) is 0 Å². The Hall–Kier alpha value is -3.43. The van der Waals surface area contributed by atoms with Crippen molar-refractivity contribution < 1.29 is 9.60 Å². The van der Waals surface area contributed by atoms with Gasteiger partial charge in [-0.05, 0) is 0 Å². The van der Waals surface area contributed by atoms with Gasteiger partial charge in [0.25, 0.3) is 0 Å². The predicted octanol–water partition coefficient (Wildman–Crippen LogP) is 9.01. The van der Waals surface area contributed by atoms with Crippen molar-refractivity contribution in [3.8, 4) is 28.5 Å². The molecule has 0 aliphatic carbocycles. The molecule has 2 aromatic heterocycles. The van der Waals surface area contributed by atoms with E-state index in [9.17, 15) is 5.26 Å². The number of aromatic nitrogens is 1. The molecule has 6 aromatic rings. The Morgan fingerprint density at radius 3 is 2.45 bits per heavy atom. The van der Waals surface area contributed by atoms with Gasteiger partial charge >= 0.3 is 245 Å². The van der Waals surface area contributed by atoms with Crippen molar-refractivity contribution in [2.45, 2.75) is 40.9 Å². The Morgan fingerprint density at radius 2 is 1.66 bits per heavy atom. The Balaban J connectivity index is 1.60. The van der Waals surface area contributed by atoms with Crippen molar-refractivity contribution in [1.82, 2.24) is 4.98 Å². The van der Waals surface area contributed by atoms with Crippen LogP contribution in [0.15, 0.2) is 79.0 Å². The van der Waals surface area contributed by atoms with E-state index in [0.29, 0.717) is 27.9 Å². The maximum atomic E-state index is 9.38. The van der Waals surface area contributed by atoms with Crippen LogP contribution >= 0.6 is 0 Å². The van der Waals surface area contributed by atoms with Gasteiger partial charge < -0.3 is 0 Å². The summed E-state index contributed by atoms with van der Waals surface area (Å²) >= 11 is -0.885. The van der Waals surface area contributed by atoms with Crippen molar-refractivity contribution in [3.05, 3.63) is 101 Å². The van der Waals surface area contributed by atoms with E-state index in [0.717, 1.165) is 27.1 Å². The zero-order valence-corrected chi connectivity index (χ0v) is 23.7. The fourth-order valence-electron chi connectivity index (χ4n) is 5.07. The molecular weight excluding hydrogens is 576 g/mol. The minimum atomic E-state index is -2.53. The number of hydrogen-bond acceptors (Lipinski definition) is 2. The van der Waals surface area contributed by atoms with Crippen LogP contribution in [0.25, 0.3) is 50.7 Å². The topological polar surface area (TPSA) is 36.7 Å². The van der Waals surface area contributed by atoms with Crippen LogP contribution in [0.2, 0.25) is 0 Å². The normalized spacial score (nSPS) is 16.1. The quantitative estimate of drug-likeness (QED) is 0.187. The molecule has 2 nitrogen and oxygen atoms in total. The van der Waals surface area contributed by atoms with Crippen molar-refractivity contribution >= 4 is 48.8 Å². The monoisotopic (exact) mass is 615 g/mol. The Kier molecular flexibility index (Phi) is 4.44. The first-order chi connectivity index (χ1) is 21.1. The summed E-state index contributed by atoms with van der Waals surface area (Å²) in [7, 11) is 0. The van der Waals surface area contributed by atoms with Gasteiger partial charge in [-0.3, -0.25) is 0 Å². The average molecular weight is 613 g/mol. The molecule has 0 saturated carbocycles. The maximum absolute atomic E-state index is 9.38. The van der Waals surface area contributed by atoms with E-state index in [1.54, 1.807) is 24.3 Å². The molecule has 0 amide bonds. The second-order valence-electron chi connectivity index (χ2n) is 10.7. The molecular formula is C35H30N2Te. The van der Waals surface area contributed by atoms with Gasteiger partial charge in [-0.25, -0.2) is 0 Å². The third-order valence-corrected chi connectivity index (χ3v) is 10.4.